The first-order valence-electron chi connectivity index (χ1n) is 8.15. The van der Waals surface area contributed by atoms with E-state index >= 15 is 0 Å². The van der Waals surface area contributed by atoms with Crippen LogP contribution in [0.1, 0.15) is 11.1 Å². The minimum Gasteiger partial charge on any atom is -0.467 e. The van der Waals surface area contributed by atoms with Gasteiger partial charge in [0.15, 0.2) is 6.79 Å². The summed E-state index contributed by atoms with van der Waals surface area (Å²) < 4.78 is 10.5. The Morgan fingerprint density at radius 1 is 1.17 bits per heavy atom. The second kappa shape index (κ2) is 8.75. The summed E-state index contributed by atoms with van der Waals surface area (Å²) in [5, 5.41) is 27.6. The molecule has 0 fully saturated rings. The number of nitrogens with zero attached hydrogens (tertiary/aromatic N) is 3. The van der Waals surface area contributed by atoms with Crippen molar-refractivity contribution in [2.45, 2.75) is 13.2 Å². The van der Waals surface area contributed by atoms with E-state index in [1.54, 1.807) is 0 Å². The first-order chi connectivity index (χ1) is 13.9. The fourth-order valence-electron chi connectivity index (χ4n) is 2.53. The first-order valence-corrected chi connectivity index (χ1v) is 8.15. The summed E-state index contributed by atoms with van der Waals surface area (Å²) >= 11 is 0. The number of hydrogen-bond donors (Lipinski definition) is 1. The van der Waals surface area contributed by atoms with Crippen LogP contribution in [0.5, 0.6) is 5.75 Å². The lowest BCUT2D eigenvalue weighted by Gasteiger charge is -2.19. The number of amides is 1. The Hall–Kier alpha value is -4.06. The van der Waals surface area contributed by atoms with Crippen molar-refractivity contribution >= 4 is 29.2 Å². The average Bonchev–Trinajstić information content (AvgIpc) is 2.71. The van der Waals surface area contributed by atoms with Gasteiger partial charge in [0.1, 0.15) is 18.6 Å². The minimum absolute atomic E-state index is 0.0126. The molecule has 29 heavy (non-hydrogen) atoms. The lowest BCUT2D eigenvalue weighted by atomic mass is 10.1. The topological polar surface area (TPSA) is 155 Å². The molecule has 12 nitrogen and oxygen atoms in total. The standard InChI is InChI=1S/C17H14N4O8/c22-16(19-13-1-3-14(4-2-13)20(23)24)7-18-29-9-12-6-15(21(25)26)5-11-8-27-10-28-17(11)12/h1-7H,8-10H2,(H,19,22)/b18-7-. The molecule has 0 atom stereocenters. The maximum absolute atomic E-state index is 11.8. The number of ether oxygens (including phenoxy) is 2. The van der Waals surface area contributed by atoms with Crippen LogP contribution in [-0.2, 0) is 27.6 Å². The number of nitro groups is 2. The second-order valence-corrected chi connectivity index (χ2v) is 5.76. The molecule has 1 aliphatic heterocycles. The van der Waals surface area contributed by atoms with E-state index in [1.165, 1.54) is 36.4 Å². The van der Waals surface area contributed by atoms with Crippen LogP contribution in [0.2, 0.25) is 0 Å². The summed E-state index contributed by atoms with van der Waals surface area (Å²) in [4.78, 5) is 37.4. The van der Waals surface area contributed by atoms with Gasteiger partial charge in [0.05, 0.1) is 16.5 Å². The van der Waals surface area contributed by atoms with Crippen molar-refractivity contribution in [1.29, 1.82) is 0 Å². The van der Waals surface area contributed by atoms with E-state index in [1.807, 2.05) is 0 Å². The molecule has 0 aliphatic carbocycles. The Labute approximate surface area is 163 Å². The molecule has 0 radical (unpaired) electrons. The Kier molecular flexibility index (Phi) is 5.94. The minimum atomic E-state index is -0.621. The number of carbonyl (C=O) groups excluding carboxylic acids is 1. The number of fused-ring (bicyclic) bond motifs is 1. The molecule has 0 saturated heterocycles. The molecule has 150 valence electrons. The van der Waals surface area contributed by atoms with Crippen LogP contribution < -0.4 is 10.1 Å². The summed E-state index contributed by atoms with van der Waals surface area (Å²) in [6, 6.07) is 7.91. The van der Waals surface area contributed by atoms with Crippen LogP contribution in [-0.4, -0.2) is 28.8 Å². The fourth-order valence-corrected chi connectivity index (χ4v) is 2.53. The Morgan fingerprint density at radius 2 is 1.90 bits per heavy atom. The predicted octanol–water partition coefficient (Wildman–Crippen LogP) is 2.51. The lowest BCUT2D eigenvalue weighted by Crippen LogP contribution is -2.14. The number of anilines is 1. The van der Waals surface area contributed by atoms with Crippen molar-refractivity contribution in [2.75, 3.05) is 12.1 Å². The molecule has 0 saturated carbocycles. The molecule has 0 spiro atoms. The molecule has 0 bridgehead atoms. The normalized spacial score (nSPS) is 12.7. The van der Waals surface area contributed by atoms with Crippen LogP contribution in [0.15, 0.2) is 41.6 Å². The first kappa shape index (κ1) is 19.7. The molecular formula is C17H14N4O8. The summed E-state index contributed by atoms with van der Waals surface area (Å²) in [6.07, 6.45) is 0.870. The van der Waals surface area contributed by atoms with E-state index in [4.69, 9.17) is 14.3 Å². The van der Waals surface area contributed by atoms with Crippen molar-refractivity contribution in [3.8, 4) is 5.75 Å². The van der Waals surface area contributed by atoms with E-state index in [9.17, 15) is 25.0 Å². The largest absolute Gasteiger partial charge is 0.467 e. The Bertz CT molecular complexity index is 974. The van der Waals surface area contributed by atoms with Crippen molar-refractivity contribution in [3.05, 3.63) is 67.8 Å². The van der Waals surface area contributed by atoms with Gasteiger partial charge in [-0.1, -0.05) is 5.16 Å². The third-order valence-electron chi connectivity index (χ3n) is 3.79. The van der Waals surface area contributed by atoms with Crippen LogP contribution in [0.25, 0.3) is 0 Å². The monoisotopic (exact) mass is 402 g/mol. The maximum atomic E-state index is 11.8. The van der Waals surface area contributed by atoms with Crippen molar-refractivity contribution in [3.63, 3.8) is 0 Å². The van der Waals surface area contributed by atoms with Gasteiger partial charge in [-0.15, -0.1) is 0 Å². The number of non-ortho nitro benzene ring substituents is 2. The van der Waals surface area contributed by atoms with Gasteiger partial charge in [0, 0.05) is 41.1 Å². The van der Waals surface area contributed by atoms with Gasteiger partial charge in [0.25, 0.3) is 17.3 Å². The number of hydrogen-bond acceptors (Lipinski definition) is 9. The molecule has 0 aromatic heterocycles. The van der Waals surface area contributed by atoms with E-state index < -0.39 is 15.8 Å². The lowest BCUT2D eigenvalue weighted by molar-refractivity contribution is -0.385. The molecule has 0 unspecified atom stereocenters. The van der Waals surface area contributed by atoms with Crippen molar-refractivity contribution in [1.82, 2.24) is 0 Å². The number of nitrogens with one attached hydrogen (secondary N) is 1. The zero-order valence-electron chi connectivity index (χ0n) is 14.8. The van der Waals surface area contributed by atoms with Crippen molar-refractivity contribution in [2.24, 2.45) is 5.16 Å². The Morgan fingerprint density at radius 3 is 2.59 bits per heavy atom. The van der Waals surface area contributed by atoms with Gasteiger partial charge < -0.3 is 19.6 Å². The summed E-state index contributed by atoms with van der Waals surface area (Å²) in [6.45, 7) is 0.0228. The van der Waals surface area contributed by atoms with Gasteiger partial charge >= 0.3 is 0 Å². The molecule has 12 heteroatoms. The molecule has 2 aromatic rings. The van der Waals surface area contributed by atoms with Gasteiger partial charge in [-0.2, -0.15) is 0 Å². The highest BCUT2D eigenvalue weighted by atomic mass is 16.7. The molecule has 1 aliphatic rings. The van der Waals surface area contributed by atoms with Crippen LogP contribution >= 0.6 is 0 Å². The predicted molar refractivity (Wildman–Crippen MR) is 98.4 cm³/mol. The molecular weight excluding hydrogens is 388 g/mol. The number of oxime groups is 1. The molecule has 1 amide bonds. The zero-order chi connectivity index (χ0) is 20.8. The molecule has 1 N–H and O–H groups in total. The maximum Gasteiger partial charge on any atom is 0.270 e. The summed E-state index contributed by atoms with van der Waals surface area (Å²) in [7, 11) is 0. The molecule has 3 rings (SSSR count). The number of benzene rings is 2. The van der Waals surface area contributed by atoms with E-state index in [0.717, 1.165) is 6.21 Å². The SMILES string of the molecule is O=C(/C=N\OCc1cc([N+](=O)[O-])cc2c1OCOC2)Nc1ccc([N+](=O)[O-])cc1. The smallest absolute Gasteiger partial charge is 0.270 e. The number of nitro benzene ring substituents is 2. The highest BCUT2D eigenvalue weighted by Crippen LogP contribution is 2.33. The van der Waals surface area contributed by atoms with Gasteiger partial charge in [-0.05, 0) is 12.1 Å². The van der Waals surface area contributed by atoms with Crippen LogP contribution in [0.3, 0.4) is 0 Å². The average molecular weight is 402 g/mol. The third-order valence-corrected chi connectivity index (χ3v) is 3.79. The van der Waals surface area contributed by atoms with Crippen LogP contribution in [0.4, 0.5) is 17.1 Å². The zero-order valence-corrected chi connectivity index (χ0v) is 14.8. The van der Waals surface area contributed by atoms with Crippen LogP contribution in [0, 0.1) is 20.2 Å². The van der Waals surface area contributed by atoms with Gasteiger partial charge in [-0.3, -0.25) is 25.0 Å². The quantitative estimate of drug-likeness (QED) is 0.421. The number of carbonyl (C=O) groups is 1. The van der Waals surface area contributed by atoms with Gasteiger partial charge in [-0.25, -0.2) is 0 Å². The van der Waals surface area contributed by atoms with Crippen molar-refractivity contribution < 1.29 is 29.0 Å². The molecule has 2 aromatic carbocycles. The summed E-state index contributed by atoms with van der Waals surface area (Å²) in [5.74, 6) is -0.197. The highest BCUT2D eigenvalue weighted by molar-refractivity contribution is 6.31. The highest BCUT2D eigenvalue weighted by Gasteiger charge is 2.21. The van der Waals surface area contributed by atoms with E-state index in [0.29, 0.717) is 22.6 Å². The fraction of sp³-hybridized carbons (Fsp3) is 0.176. The summed E-state index contributed by atoms with van der Waals surface area (Å²) in [5.41, 5.74) is 1.01. The van der Waals surface area contributed by atoms with E-state index in [2.05, 4.69) is 10.5 Å². The second-order valence-electron chi connectivity index (χ2n) is 5.76. The number of rotatable bonds is 7. The van der Waals surface area contributed by atoms with E-state index in [-0.39, 0.29) is 31.4 Å². The molecule has 1 heterocycles. The van der Waals surface area contributed by atoms with Gasteiger partial charge in [0.2, 0.25) is 0 Å². The third kappa shape index (κ3) is 5.01. The Balaban J connectivity index is 1.59.